The Morgan fingerprint density at radius 3 is 2.53 bits per heavy atom. The van der Waals surface area contributed by atoms with Gasteiger partial charge in [0.1, 0.15) is 33.5 Å². The standard InChI is InChI=1S/C27H26F2N6O2S/c1-26(2)17-10-11-27(26,24-16(17)14-21(33-34-24)23-18(28)6-4-7-19(23)29)22-9-5-8-20(32-22)25-30-15-31-35(25)12-13-38(3,36)37/h4-9,14-15,17H,10-13H2,1-3H3/t17-,27?/m0/s1. The van der Waals surface area contributed by atoms with Gasteiger partial charge in [0.15, 0.2) is 5.82 Å². The van der Waals surface area contributed by atoms with E-state index in [1.54, 1.807) is 10.7 Å². The van der Waals surface area contributed by atoms with Crippen LogP contribution in [-0.4, -0.2) is 50.4 Å². The van der Waals surface area contributed by atoms with Crippen LogP contribution in [0.4, 0.5) is 8.78 Å². The van der Waals surface area contributed by atoms with Crippen molar-refractivity contribution in [3.05, 3.63) is 77.4 Å². The van der Waals surface area contributed by atoms with E-state index in [-0.39, 0.29) is 34.9 Å². The lowest BCUT2D eigenvalue weighted by Gasteiger charge is -2.37. The summed E-state index contributed by atoms with van der Waals surface area (Å²) < 4.78 is 54.0. The Kier molecular flexibility index (Phi) is 5.50. The molecule has 38 heavy (non-hydrogen) atoms. The third kappa shape index (κ3) is 3.58. The van der Waals surface area contributed by atoms with Crippen molar-refractivity contribution in [1.82, 2.24) is 29.9 Å². The summed E-state index contributed by atoms with van der Waals surface area (Å²) in [5.74, 6) is -0.814. The Hall–Kier alpha value is -3.60. The van der Waals surface area contributed by atoms with Crippen LogP contribution in [0, 0.1) is 17.0 Å². The molecule has 2 bridgehead atoms. The number of nitrogens with zero attached hydrogens (tertiary/aromatic N) is 6. The number of pyridine rings is 1. The van der Waals surface area contributed by atoms with Crippen molar-refractivity contribution in [3.63, 3.8) is 0 Å². The maximum Gasteiger partial charge on any atom is 0.176 e. The fraction of sp³-hybridized carbons (Fsp3) is 0.370. The van der Waals surface area contributed by atoms with Crippen molar-refractivity contribution in [2.75, 3.05) is 12.0 Å². The third-order valence-electron chi connectivity index (χ3n) is 8.31. The molecule has 3 aromatic heterocycles. The number of rotatable bonds is 6. The SMILES string of the molecule is CC1(C)[C@H]2CCC1(c1cccc(-c3ncnn3CCS(C)(=O)=O)n1)c1nnc(-c3c(F)cccc3F)cc12. The van der Waals surface area contributed by atoms with Gasteiger partial charge in [0.05, 0.1) is 40.4 Å². The molecule has 3 heterocycles. The van der Waals surface area contributed by atoms with Crippen molar-refractivity contribution in [1.29, 1.82) is 0 Å². The van der Waals surface area contributed by atoms with Crippen LogP contribution in [0.2, 0.25) is 0 Å². The molecule has 0 spiro atoms. The molecule has 0 radical (unpaired) electrons. The van der Waals surface area contributed by atoms with Crippen molar-refractivity contribution in [2.45, 2.75) is 44.6 Å². The molecule has 1 unspecified atom stereocenters. The molecule has 8 nitrogen and oxygen atoms in total. The molecule has 4 aromatic rings. The van der Waals surface area contributed by atoms with E-state index in [1.165, 1.54) is 30.8 Å². The lowest BCUT2D eigenvalue weighted by Crippen LogP contribution is -2.37. The molecule has 11 heteroatoms. The van der Waals surface area contributed by atoms with Crippen LogP contribution < -0.4 is 0 Å². The van der Waals surface area contributed by atoms with E-state index in [1.807, 2.05) is 18.2 Å². The van der Waals surface area contributed by atoms with Crippen LogP contribution in [0.15, 0.2) is 48.8 Å². The van der Waals surface area contributed by atoms with Gasteiger partial charge in [0.2, 0.25) is 0 Å². The van der Waals surface area contributed by atoms with Crippen LogP contribution in [0.1, 0.15) is 49.6 Å². The van der Waals surface area contributed by atoms with Gasteiger partial charge in [-0.25, -0.2) is 31.8 Å². The quantitative estimate of drug-likeness (QED) is 0.361. The predicted molar refractivity (Wildman–Crippen MR) is 137 cm³/mol. The Morgan fingerprint density at radius 1 is 1.05 bits per heavy atom. The van der Waals surface area contributed by atoms with E-state index in [0.717, 1.165) is 29.8 Å². The Morgan fingerprint density at radius 2 is 1.79 bits per heavy atom. The van der Waals surface area contributed by atoms with Gasteiger partial charge in [-0.2, -0.15) is 10.2 Å². The molecule has 0 amide bonds. The number of sulfone groups is 1. The summed E-state index contributed by atoms with van der Waals surface area (Å²) in [4.78, 5) is 9.37. The van der Waals surface area contributed by atoms with E-state index in [0.29, 0.717) is 11.5 Å². The number of hydrogen-bond acceptors (Lipinski definition) is 7. The monoisotopic (exact) mass is 536 g/mol. The molecular formula is C27H26F2N6O2S. The van der Waals surface area contributed by atoms with Crippen molar-refractivity contribution in [2.24, 2.45) is 5.41 Å². The number of aromatic nitrogens is 6. The molecule has 0 N–H and O–H groups in total. The van der Waals surface area contributed by atoms with E-state index in [4.69, 9.17) is 4.98 Å². The highest BCUT2D eigenvalue weighted by atomic mass is 32.2. The lowest BCUT2D eigenvalue weighted by atomic mass is 9.66. The second-order valence-electron chi connectivity index (χ2n) is 10.7. The maximum atomic E-state index is 14.5. The molecule has 1 aromatic carbocycles. The fourth-order valence-electron chi connectivity index (χ4n) is 6.43. The van der Waals surface area contributed by atoms with Crippen LogP contribution in [-0.2, 0) is 21.8 Å². The van der Waals surface area contributed by atoms with Gasteiger partial charge in [-0.15, -0.1) is 5.10 Å². The van der Waals surface area contributed by atoms with E-state index >= 15 is 0 Å². The smallest absolute Gasteiger partial charge is 0.176 e. The van der Waals surface area contributed by atoms with Crippen LogP contribution in [0.5, 0.6) is 0 Å². The van der Waals surface area contributed by atoms with E-state index in [2.05, 4.69) is 34.1 Å². The highest BCUT2D eigenvalue weighted by molar-refractivity contribution is 7.90. The van der Waals surface area contributed by atoms with Gasteiger partial charge in [0.25, 0.3) is 0 Å². The van der Waals surface area contributed by atoms with Gasteiger partial charge >= 0.3 is 0 Å². The molecular weight excluding hydrogens is 510 g/mol. The Bertz CT molecular complexity index is 1670. The molecule has 0 saturated heterocycles. The molecule has 0 aliphatic heterocycles. The van der Waals surface area contributed by atoms with Crippen LogP contribution in [0.25, 0.3) is 22.8 Å². The summed E-state index contributed by atoms with van der Waals surface area (Å²) in [7, 11) is -3.18. The van der Waals surface area contributed by atoms with Gasteiger partial charge in [0, 0.05) is 6.26 Å². The first kappa shape index (κ1) is 24.7. The Labute approximate surface area is 219 Å². The summed E-state index contributed by atoms with van der Waals surface area (Å²) in [6.07, 6.45) is 4.25. The Balaban J connectivity index is 1.45. The first-order valence-electron chi connectivity index (χ1n) is 12.4. The minimum absolute atomic E-state index is 0.0599. The molecule has 196 valence electrons. The number of halogens is 2. The van der Waals surface area contributed by atoms with Crippen molar-refractivity contribution in [3.8, 4) is 22.8 Å². The van der Waals surface area contributed by atoms with Gasteiger partial charge in [-0.1, -0.05) is 26.0 Å². The summed E-state index contributed by atoms with van der Waals surface area (Å²) in [5, 5.41) is 13.1. The average Bonchev–Trinajstić information content (AvgIpc) is 3.50. The predicted octanol–water partition coefficient (Wildman–Crippen LogP) is 4.32. The highest BCUT2D eigenvalue weighted by Crippen LogP contribution is 2.69. The summed E-state index contributed by atoms with van der Waals surface area (Å²) in [6.45, 7) is 4.53. The van der Waals surface area contributed by atoms with Gasteiger partial charge < -0.3 is 0 Å². The average molecular weight is 537 g/mol. The number of fused-ring (bicyclic) bond motifs is 5. The van der Waals surface area contributed by atoms with Gasteiger partial charge in [-0.3, -0.25) is 0 Å². The van der Waals surface area contributed by atoms with Gasteiger partial charge in [-0.05, 0) is 60.1 Å². The first-order valence-corrected chi connectivity index (χ1v) is 14.4. The number of aryl methyl sites for hydroxylation is 1. The van der Waals surface area contributed by atoms with Crippen LogP contribution >= 0.6 is 0 Å². The third-order valence-corrected chi connectivity index (χ3v) is 9.23. The second kappa shape index (κ2) is 8.45. The van der Waals surface area contributed by atoms with Crippen molar-refractivity contribution < 1.29 is 17.2 Å². The normalized spacial score (nSPS) is 21.6. The van der Waals surface area contributed by atoms with Crippen molar-refractivity contribution >= 4 is 9.84 Å². The fourth-order valence-corrected chi connectivity index (χ4v) is 6.94. The van der Waals surface area contributed by atoms with E-state index in [9.17, 15) is 17.2 Å². The first-order chi connectivity index (χ1) is 18.0. The summed E-state index contributed by atoms with van der Waals surface area (Å²) in [5.41, 5.74) is 2.27. The molecule has 1 saturated carbocycles. The number of hydrogen-bond donors (Lipinski definition) is 0. The zero-order valence-electron chi connectivity index (χ0n) is 21.2. The zero-order valence-corrected chi connectivity index (χ0v) is 22.0. The summed E-state index contributed by atoms with van der Waals surface area (Å²) in [6, 6.07) is 11.2. The topological polar surface area (TPSA) is 104 Å². The molecule has 2 atom stereocenters. The minimum Gasteiger partial charge on any atom is -0.248 e. The van der Waals surface area contributed by atoms with E-state index < -0.39 is 26.9 Å². The highest BCUT2D eigenvalue weighted by Gasteiger charge is 2.65. The molecule has 6 rings (SSSR count). The lowest BCUT2D eigenvalue weighted by molar-refractivity contribution is 0.243. The second-order valence-corrected chi connectivity index (χ2v) is 13.0. The number of benzene rings is 1. The maximum absolute atomic E-state index is 14.5. The summed E-state index contributed by atoms with van der Waals surface area (Å²) >= 11 is 0. The molecule has 2 aliphatic rings. The minimum atomic E-state index is -3.18. The molecule has 2 aliphatic carbocycles. The largest absolute Gasteiger partial charge is 0.248 e. The zero-order chi connectivity index (χ0) is 26.9. The van der Waals surface area contributed by atoms with Crippen LogP contribution in [0.3, 0.4) is 0 Å². The molecule has 1 fully saturated rings.